The largest absolute Gasteiger partial charge is 0.388 e. The van der Waals surface area contributed by atoms with E-state index >= 15 is 0 Å². The molecule has 0 saturated carbocycles. The van der Waals surface area contributed by atoms with E-state index in [1.165, 1.54) is 29.9 Å². The molecule has 0 spiro atoms. The molecule has 2 rings (SSSR count). The van der Waals surface area contributed by atoms with E-state index in [0.29, 0.717) is 11.4 Å². The molecule has 20 heavy (non-hydrogen) atoms. The molecule has 1 amide bonds. The second kappa shape index (κ2) is 5.39. The molecule has 0 saturated heterocycles. The van der Waals surface area contributed by atoms with E-state index in [4.69, 9.17) is 0 Å². The Morgan fingerprint density at radius 2 is 2.10 bits per heavy atom. The topological polar surface area (TPSA) is 102 Å². The molecule has 1 aromatic heterocycles. The van der Waals surface area contributed by atoms with E-state index < -0.39 is 4.92 Å². The van der Waals surface area contributed by atoms with Gasteiger partial charge in [0.2, 0.25) is 0 Å². The second-order valence-electron chi connectivity index (χ2n) is 3.97. The lowest BCUT2D eigenvalue weighted by molar-refractivity contribution is -0.384. The zero-order chi connectivity index (χ0) is 14.7. The van der Waals surface area contributed by atoms with Crippen molar-refractivity contribution in [1.29, 1.82) is 0 Å². The van der Waals surface area contributed by atoms with Crippen molar-refractivity contribution in [3.05, 3.63) is 46.3 Å². The van der Waals surface area contributed by atoms with Crippen molar-refractivity contribution in [2.75, 3.05) is 19.4 Å². The Morgan fingerprint density at radius 3 is 2.70 bits per heavy atom. The standard InChI is InChI=1S/C12H13N5O3/c1-13-8-5-9(7-10(6-8)17(19)20)16-4-3-11(15-16)12(18)14-2/h3-7,13H,1-2H3,(H,14,18). The van der Waals surface area contributed by atoms with Gasteiger partial charge >= 0.3 is 0 Å². The molecule has 0 unspecified atom stereocenters. The van der Waals surface area contributed by atoms with Crippen LogP contribution in [0.3, 0.4) is 0 Å². The number of hydrogen-bond acceptors (Lipinski definition) is 5. The second-order valence-corrected chi connectivity index (χ2v) is 3.97. The lowest BCUT2D eigenvalue weighted by atomic mass is 10.2. The highest BCUT2D eigenvalue weighted by molar-refractivity contribution is 5.91. The number of hydrogen-bond donors (Lipinski definition) is 2. The normalized spacial score (nSPS) is 10.1. The van der Waals surface area contributed by atoms with E-state index in [0.717, 1.165) is 0 Å². The monoisotopic (exact) mass is 275 g/mol. The van der Waals surface area contributed by atoms with E-state index in [1.807, 2.05) is 0 Å². The van der Waals surface area contributed by atoms with Crippen molar-refractivity contribution in [3.8, 4) is 5.69 Å². The van der Waals surface area contributed by atoms with Crippen molar-refractivity contribution < 1.29 is 9.72 Å². The van der Waals surface area contributed by atoms with E-state index in [9.17, 15) is 14.9 Å². The minimum Gasteiger partial charge on any atom is -0.388 e. The van der Waals surface area contributed by atoms with Crippen LogP contribution in [0, 0.1) is 10.1 Å². The summed E-state index contributed by atoms with van der Waals surface area (Å²) in [6.45, 7) is 0. The molecule has 0 aliphatic carbocycles. The zero-order valence-electron chi connectivity index (χ0n) is 11.0. The maximum Gasteiger partial charge on any atom is 0.273 e. The highest BCUT2D eigenvalue weighted by Gasteiger charge is 2.13. The first-order chi connectivity index (χ1) is 9.55. The van der Waals surface area contributed by atoms with Gasteiger partial charge in [-0.2, -0.15) is 5.10 Å². The minimum atomic E-state index is -0.479. The van der Waals surface area contributed by atoms with Gasteiger partial charge in [0.05, 0.1) is 10.6 Å². The first kappa shape index (κ1) is 13.5. The van der Waals surface area contributed by atoms with Gasteiger partial charge in [0, 0.05) is 38.1 Å². The summed E-state index contributed by atoms with van der Waals surface area (Å²) in [5, 5.41) is 20.3. The quantitative estimate of drug-likeness (QED) is 0.644. The van der Waals surface area contributed by atoms with Gasteiger partial charge in [-0.25, -0.2) is 4.68 Å². The Morgan fingerprint density at radius 1 is 1.35 bits per heavy atom. The van der Waals surface area contributed by atoms with Gasteiger partial charge < -0.3 is 10.6 Å². The van der Waals surface area contributed by atoms with Gasteiger partial charge in [0.15, 0.2) is 5.69 Å². The maximum atomic E-state index is 11.4. The SMILES string of the molecule is CNC(=O)c1ccn(-c2cc(NC)cc([N+](=O)[O-])c2)n1. The lowest BCUT2D eigenvalue weighted by Crippen LogP contribution is -2.18. The molecule has 104 valence electrons. The van der Waals surface area contributed by atoms with Crippen LogP contribution in [0.15, 0.2) is 30.5 Å². The van der Waals surface area contributed by atoms with Crippen molar-refractivity contribution in [1.82, 2.24) is 15.1 Å². The molecule has 0 atom stereocenters. The fraction of sp³-hybridized carbons (Fsp3) is 0.167. The zero-order valence-corrected chi connectivity index (χ0v) is 11.0. The molecule has 0 aliphatic rings. The number of anilines is 1. The number of nitrogens with one attached hydrogen (secondary N) is 2. The minimum absolute atomic E-state index is 0.0520. The number of nitro groups is 1. The molecule has 1 aromatic carbocycles. The summed E-state index contributed by atoms with van der Waals surface area (Å²) < 4.78 is 1.42. The van der Waals surface area contributed by atoms with Crippen molar-refractivity contribution in [2.24, 2.45) is 0 Å². The summed E-state index contributed by atoms with van der Waals surface area (Å²) in [5.74, 6) is -0.317. The smallest absolute Gasteiger partial charge is 0.273 e. The molecule has 0 fully saturated rings. The molecule has 1 heterocycles. The predicted octanol–water partition coefficient (Wildman–Crippen LogP) is 1.18. The third kappa shape index (κ3) is 2.58. The molecule has 0 bridgehead atoms. The van der Waals surface area contributed by atoms with Crippen LogP contribution in [-0.2, 0) is 0 Å². The Bertz CT molecular complexity index is 665. The Labute approximate surface area is 114 Å². The number of non-ortho nitro benzene ring substituents is 1. The highest BCUT2D eigenvalue weighted by atomic mass is 16.6. The number of nitrogens with zero attached hydrogens (tertiary/aromatic N) is 3. The van der Waals surface area contributed by atoms with Crippen molar-refractivity contribution in [2.45, 2.75) is 0 Å². The summed E-state index contributed by atoms with van der Waals surface area (Å²) in [5.41, 5.74) is 1.28. The molecule has 2 N–H and O–H groups in total. The Kier molecular flexibility index (Phi) is 3.65. The van der Waals surface area contributed by atoms with Gasteiger partial charge in [0.25, 0.3) is 11.6 Å². The molecule has 2 aromatic rings. The average molecular weight is 275 g/mol. The van der Waals surface area contributed by atoms with Crippen LogP contribution in [-0.4, -0.2) is 34.7 Å². The molecular formula is C12H13N5O3. The maximum absolute atomic E-state index is 11.4. The number of carbonyl (C=O) groups is 1. The molecule has 0 radical (unpaired) electrons. The van der Waals surface area contributed by atoms with Crippen LogP contribution in [0.4, 0.5) is 11.4 Å². The summed E-state index contributed by atoms with van der Waals surface area (Å²) in [6.07, 6.45) is 1.57. The van der Waals surface area contributed by atoms with Crippen LogP contribution in [0.5, 0.6) is 0 Å². The first-order valence-electron chi connectivity index (χ1n) is 5.80. The van der Waals surface area contributed by atoms with Crippen LogP contribution in [0.2, 0.25) is 0 Å². The summed E-state index contributed by atoms with van der Waals surface area (Å²) in [4.78, 5) is 21.9. The Balaban J connectivity index is 2.46. The number of aromatic nitrogens is 2. The Hall–Kier alpha value is -2.90. The van der Waals surface area contributed by atoms with E-state index in [-0.39, 0.29) is 17.3 Å². The summed E-state index contributed by atoms with van der Waals surface area (Å²) in [6, 6.07) is 6.05. The third-order valence-electron chi connectivity index (χ3n) is 2.72. The average Bonchev–Trinajstić information content (AvgIpc) is 2.95. The van der Waals surface area contributed by atoms with Gasteiger partial charge in [-0.3, -0.25) is 14.9 Å². The third-order valence-corrected chi connectivity index (χ3v) is 2.72. The number of benzene rings is 1. The first-order valence-corrected chi connectivity index (χ1v) is 5.80. The lowest BCUT2D eigenvalue weighted by Gasteiger charge is -2.05. The van der Waals surface area contributed by atoms with Crippen molar-refractivity contribution >= 4 is 17.3 Å². The van der Waals surface area contributed by atoms with Gasteiger partial charge in [-0.1, -0.05) is 0 Å². The van der Waals surface area contributed by atoms with Gasteiger partial charge in [0.1, 0.15) is 0 Å². The number of amides is 1. The fourth-order valence-corrected chi connectivity index (χ4v) is 1.69. The highest BCUT2D eigenvalue weighted by Crippen LogP contribution is 2.23. The van der Waals surface area contributed by atoms with Crippen molar-refractivity contribution in [3.63, 3.8) is 0 Å². The summed E-state index contributed by atoms with van der Waals surface area (Å²) >= 11 is 0. The molecule has 8 heteroatoms. The molecule has 8 nitrogen and oxygen atoms in total. The van der Waals surface area contributed by atoms with Gasteiger partial charge in [-0.05, 0) is 12.1 Å². The summed E-state index contributed by atoms with van der Waals surface area (Å²) in [7, 11) is 3.18. The van der Waals surface area contributed by atoms with Crippen LogP contribution < -0.4 is 10.6 Å². The number of rotatable bonds is 4. The fourth-order valence-electron chi connectivity index (χ4n) is 1.69. The predicted molar refractivity (Wildman–Crippen MR) is 73.2 cm³/mol. The van der Waals surface area contributed by atoms with E-state index in [2.05, 4.69) is 15.7 Å². The number of carbonyl (C=O) groups excluding carboxylic acids is 1. The van der Waals surface area contributed by atoms with Crippen LogP contribution >= 0.6 is 0 Å². The number of nitro benzene ring substituents is 1. The van der Waals surface area contributed by atoms with Crippen LogP contribution in [0.1, 0.15) is 10.5 Å². The molecular weight excluding hydrogens is 262 g/mol. The van der Waals surface area contributed by atoms with Gasteiger partial charge in [-0.15, -0.1) is 0 Å². The van der Waals surface area contributed by atoms with Crippen LogP contribution in [0.25, 0.3) is 5.69 Å². The molecule has 0 aliphatic heterocycles. The van der Waals surface area contributed by atoms with E-state index in [1.54, 1.807) is 19.3 Å².